The van der Waals surface area contributed by atoms with Gasteiger partial charge in [0.05, 0.1) is 5.52 Å². The van der Waals surface area contributed by atoms with Crippen LogP contribution in [0.4, 0.5) is 0 Å². The standard InChI is InChI=1S/C29H24IN3O/c1-28(19-20-28)34-25-18-17-24-26(31-25)27(30)32-33(24)29(21-11-5-2-6-12-21,22-13-7-3-8-14-22)23-15-9-4-10-16-23/h2-18H,19-20H2,1H3. The molecule has 0 unspecified atom stereocenters. The van der Waals surface area contributed by atoms with Gasteiger partial charge in [-0.1, -0.05) is 91.0 Å². The van der Waals surface area contributed by atoms with Gasteiger partial charge in [0.2, 0.25) is 5.88 Å². The number of pyridine rings is 1. The van der Waals surface area contributed by atoms with E-state index in [1.54, 1.807) is 0 Å². The van der Waals surface area contributed by atoms with E-state index in [4.69, 9.17) is 14.8 Å². The molecule has 4 nitrogen and oxygen atoms in total. The fourth-order valence-corrected chi connectivity index (χ4v) is 5.31. The smallest absolute Gasteiger partial charge is 0.214 e. The first-order valence-electron chi connectivity index (χ1n) is 11.5. The maximum atomic E-state index is 6.17. The van der Waals surface area contributed by atoms with Crippen LogP contribution in [0.5, 0.6) is 5.88 Å². The zero-order chi connectivity index (χ0) is 23.2. The quantitative estimate of drug-likeness (QED) is 0.170. The molecule has 2 aromatic heterocycles. The second kappa shape index (κ2) is 8.24. The third-order valence-electron chi connectivity index (χ3n) is 6.66. The van der Waals surface area contributed by atoms with Crippen molar-refractivity contribution < 1.29 is 4.74 Å². The van der Waals surface area contributed by atoms with Crippen LogP contribution in [0.3, 0.4) is 0 Å². The summed E-state index contributed by atoms with van der Waals surface area (Å²) in [6.07, 6.45) is 2.14. The van der Waals surface area contributed by atoms with E-state index >= 15 is 0 Å². The predicted molar refractivity (Wildman–Crippen MR) is 143 cm³/mol. The van der Waals surface area contributed by atoms with Crippen molar-refractivity contribution in [1.82, 2.24) is 14.8 Å². The molecule has 0 saturated heterocycles. The van der Waals surface area contributed by atoms with Crippen molar-refractivity contribution in [2.24, 2.45) is 0 Å². The molecule has 168 valence electrons. The molecule has 5 aromatic rings. The second-order valence-electron chi connectivity index (χ2n) is 9.08. The normalized spacial score (nSPS) is 14.8. The van der Waals surface area contributed by atoms with E-state index in [-0.39, 0.29) is 5.60 Å². The number of aromatic nitrogens is 3. The van der Waals surface area contributed by atoms with Gasteiger partial charge in [-0.3, -0.25) is 0 Å². The Morgan fingerprint density at radius 1 is 0.765 bits per heavy atom. The zero-order valence-corrected chi connectivity index (χ0v) is 21.0. The van der Waals surface area contributed by atoms with Crippen molar-refractivity contribution >= 4 is 33.6 Å². The van der Waals surface area contributed by atoms with E-state index in [0.717, 1.165) is 44.3 Å². The van der Waals surface area contributed by atoms with Crippen molar-refractivity contribution in [2.75, 3.05) is 0 Å². The Labute approximate surface area is 212 Å². The van der Waals surface area contributed by atoms with Gasteiger partial charge in [-0.25, -0.2) is 9.67 Å². The lowest BCUT2D eigenvalue weighted by Gasteiger charge is -2.36. The Morgan fingerprint density at radius 2 is 1.26 bits per heavy atom. The number of halogens is 1. The van der Waals surface area contributed by atoms with E-state index in [2.05, 4.69) is 131 Å². The highest BCUT2D eigenvalue weighted by atomic mass is 127. The van der Waals surface area contributed by atoms with Gasteiger partial charge in [0.15, 0.2) is 0 Å². The summed E-state index contributed by atoms with van der Waals surface area (Å²) in [6.45, 7) is 2.14. The van der Waals surface area contributed by atoms with Crippen LogP contribution >= 0.6 is 22.6 Å². The highest BCUT2D eigenvalue weighted by Crippen LogP contribution is 2.43. The molecule has 1 aliphatic rings. The summed E-state index contributed by atoms with van der Waals surface area (Å²) in [7, 11) is 0. The first-order valence-corrected chi connectivity index (χ1v) is 12.6. The third kappa shape index (κ3) is 3.50. The minimum absolute atomic E-state index is 0.0794. The molecule has 3 aromatic carbocycles. The van der Waals surface area contributed by atoms with Gasteiger partial charge in [0.1, 0.15) is 20.4 Å². The largest absolute Gasteiger partial charge is 0.471 e. The van der Waals surface area contributed by atoms with Crippen LogP contribution in [-0.2, 0) is 5.54 Å². The minimum atomic E-state index is -0.669. The van der Waals surface area contributed by atoms with Crippen LogP contribution in [0.2, 0.25) is 0 Å². The van der Waals surface area contributed by atoms with Gasteiger partial charge in [0, 0.05) is 6.07 Å². The Morgan fingerprint density at radius 3 is 1.74 bits per heavy atom. The number of rotatable bonds is 6. The second-order valence-corrected chi connectivity index (χ2v) is 10.1. The average Bonchev–Trinajstić information content (AvgIpc) is 3.52. The summed E-state index contributed by atoms with van der Waals surface area (Å²) in [4.78, 5) is 4.90. The molecule has 0 aliphatic heterocycles. The summed E-state index contributed by atoms with van der Waals surface area (Å²) in [5.41, 5.74) is 4.49. The third-order valence-corrected chi connectivity index (χ3v) is 7.38. The monoisotopic (exact) mass is 557 g/mol. The Kier molecular flexibility index (Phi) is 5.17. The van der Waals surface area contributed by atoms with E-state index in [1.807, 2.05) is 6.07 Å². The lowest BCUT2D eigenvalue weighted by molar-refractivity contribution is 0.192. The average molecular weight is 557 g/mol. The number of hydrogen-bond donors (Lipinski definition) is 0. The summed E-state index contributed by atoms with van der Waals surface area (Å²) in [5, 5.41) is 5.13. The van der Waals surface area contributed by atoms with Gasteiger partial charge < -0.3 is 4.74 Å². The molecule has 0 spiro atoms. The van der Waals surface area contributed by atoms with Crippen LogP contribution in [-0.4, -0.2) is 20.4 Å². The summed E-state index contributed by atoms with van der Waals surface area (Å²) >= 11 is 2.30. The van der Waals surface area contributed by atoms with Crippen LogP contribution < -0.4 is 4.74 Å². The van der Waals surface area contributed by atoms with Gasteiger partial charge in [0.25, 0.3) is 0 Å². The summed E-state index contributed by atoms with van der Waals surface area (Å²) < 4.78 is 9.16. The molecule has 0 atom stereocenters. The van der Waals surface area contributed by atoms with Gasteiger partial charge in [-0.05, 0) is 65.1 Å². The van der Waals surface area contributed by atoms with Crippen molar-refractivity contribution in [2.45, 2.75) is 30.9 Å². The molecule has 0 bridgehead atoms. The maximum absolute atomic E-state index is 6.17. The van der Waals surface area contributed by atoms with Crippen LogP contribution in [0, 0.1) is 3.70 Å². The number of ether oxygens (including phenoxy) is 1. The summed E-state index contributed by atoms with van der Waals surface area (Å²) in [6, 6.07) is 35.9. The number of nitrogens with zero attached hydrogens (tertiary/aromatic N) is 3. The predicted octanol–water partition coefficient (Wildman–Crippen LogP) is 6.81. The van der Waals surface area contributed by atoms with Crippen molar-refractivity contribution in [3.8, 4) is 5.88 Å². The molecule has 34 heavy (non-hydrogen) atoms. The molecule has 1 fully saturated rings. The van der Waals surface area contributed by atoms with E-state index < -0.39 is 5.54 Å². The topological polar surface area (TPSA) is 39.9 Å². The Hall–Kier alpha value is -3.19. The first kappa shape index (κ1) is 21.4. The molecular formula is C29H24IN3O. The zero-order valence-electron chi connectivity index (χ0n) is 18.9. The number of benzene rings is 3. The van der Waals surface area contributed by atoms with E-state index in [0.29, 0.717) is 5.88 Å². The van der Waals surface area contributed by atoms with Crippen molar-refractivity contribution in [3.05, 3.63) is 124 Å². The van der Waals surface area contributed by atoms with Crippen molar-refractivity contribution in [3.63, 3.8) is 0 Å². The molecule has 0 N–H and O–H groups in total. The van der Waals surface area contributed by atoms with E-state index in [1.165, 1.54) is 0 Å². The maximum Gasteiger partial charge on any atom is 0.214 e. The molecule has 0 radical (unpaired) electrons. The highest BCUT2D eigenvalue weighted by Gasteiger charge is 2.42. The molecule has 0 amide bonds. The van der Waals surface area contributed by atoms with Gasteiger partial charge in [-0.2, -0.15) is 5.10 Å². The lowest BCUT2D eigenvalue weighted by Crippen LogP contribution is -2.38. The Balaban J connectivity index is 1.67. The highest BCUT2D eigenvalue weighted by molar-refractivity contribution is 14.1. The molecule has 5 heteroatoms. The molecule has 1 saturated carbocycles. The van der Waals surface area contributed by atoms with Gasteiger partial charge >= 0.3 is 0 Å². The Bertz CT molecular complexity index is 1350. The molecule has 6 rings (SSSR count). The van der Waals surface area contributed by atoms with Crippen LogP contribution in [0.25, 0.3) is 11.0 Å². The van der Waals surface area contributed by atoms with E-state index in [9.17, 15) is 0 Å². The minimum Gasteiger partial charge on any atom is -0.471 e. The van der Waals surface area contributed by atoms with Crippen molar-refractivity contribution in [1.29, 1.82) is 0 Å². The van der Waals surface area contributed by atoms with Gasteiger partial charge in [-0.15, -0.1) is 0 Å². The fourth-order valence-electron chi connectivity index (χ4n) is 4.69. The first-order chi connectivity index (χ1) is 16.6. The summed E-state index contributed by atoms with van der Waals surface area (Å²) in [5.74, 6) is 0.662. The lowest BCUT2D eigenvalue weighted by atomic mass is 9.77. The van der Waals surface area contributed by atoms with Crippen LogP contribution in [0.1, 0.15) is 36.5 Å². The number of fused-ring (bicyclic) bond motifs is 1. The van der Waals surface area contributed by atoms with Crippen LogP contribution in [0.15, 0.2) is 103 Å². The molecule has 2 heterocycles. The molecule has 1 aliphatic carbocycles. The fraction of sp³-hybridized carbons (Fsp3) is 0.172. The molecular weight excluding hydrogens is 533 g/mol. The SMILES string of the molecule is CC1(Oc2ccc3c(n2)c(I)nn3C(c2ccccc2)(c2ccccc2)c2ccccc2)CC1. The number of hydrogen-bond acceptors (Lipinski definition) is 3.